The fourth-order valence-electron chi connectivity index (χ4n) is 1.96. The number of anilines is 2. The molecule has 0 radical (unpaired) electrons. The maximum atomic E-state index is 12.6. The largest absolute Gasteiger partial charge is 0.496 e. The zero-order valence-electron chi connectivity index (χ0n) is 11.6. The number of carbonyl (C=O) groups is 1. The normalized spacial score (nSPS) is 10.3. The van der Waals surface area contributed by atoms with Crippen LogP contribution in [0, 0.1) is 0 Å². The fraction of sp³-hybridized carbons (Fsp3) is 0.267. The minimum atomic E-state index is -0.0435. The Bertz CT molecular complexity index is 595. The van der Waals surface area contributed by atoms with E-state index in [-0.39, 0.29) is 5.91 Å². The summed E-state index contributed by atoms with van der Waals surface area (Å²) < 4.78 is 5.13. The molecule has 0 unspecified atom stereocenters. The molecule has 2 aromatic rings. The van der Waals surface area contributed by atoms with Gasteiger partial charge in [-0.25, -0.2) is 0 Å². The molecule has 0 bridgehead atoms. The number of hydrogen-bond acceptors (Lipinski definition) is 4. The first-order chi connectivity index (χ1) is 9.67. The Balaban J connectivity index is 2.33. The van der Waals surface area contributed by atoms with E-state index in [1.165, 1.54) is 11.3 Å². The van der Waals surface area contributed by atoms with Crippen molar-refractivity contribution >= 4 is 28.6 Å². The Kier molecular flexibility index (Phi) is 4.63. The number of nitrogens with zero attached hydrogens (tertiary/aromatic N) is 1. The first-order valence-corrected chi connectivity index (χ1v) is 7.34. The lowest BCUT2D eigenvalue weighted by Gasteiger charge is -2.23. The standard InChI is InChI=1S/C15H18N2O2S/c1-3-8-17(13-7-5-4-6-12(13)16)15(18)14-9-11(19-2)10-20-14/h4-7,9-10H,3,8,16H2,1-2H3. The van der Waals surface area contributed by atoms with Gasteiger partial charge >= 0.3 is 0 Å². The van der Waals surface area contributed by atoms with E-state index < -0.39 is 0 Å². The molecule has 0 saturated heterocycles. The molecule has 0 aliphatic rings. The number of carbonyl (C=O) groups excluding carboxylic acids is 1. The van der Waals surface area contributed by atoms with Gasteiger partial charge in [0.1, 0.15) is 5.75 Å². The highest BCUT2D eigenvalue weighted by Crippen LogP contribution is 2.28. The van der Waals surface area contributed by atoms with Crippen LogP contribution < -0.4 is 15.4 Å². The van der Waals surface area contributed by atoms with Gasteiger partial charge in [0, 0.05) is 18.0 Å². The van der Waals surface area contributed by atoms with E-state index >= 15 is 0 Å². The van der Waals surface area contributed by atoms with E-state index in [2.05, 4.69) is 0 Å². The summed E-state index contributed by atoms with van der Waals surface area (Å²) in [5.74, 6) is 0.661. The molecule has 1 aromatic carbocycles. The quantitative estimate of drug-likeness (QED) is 0.859. The third-order valence-corrected chi connectivity index (χ3v) is 3.84. The summed E-state index contributed by atoms with van der Waals surface area (Å²) in [5, 5.41) is 1.83. The first-order valence-electron chi connectivity index (χ1n) is 6.46. The summed E-state index contributed by atoms with van der Waals surface area (Å²) in [4.78, 5) is 15.0. The highest BCUT2D eigenvalue weighted by atomic mass is 32.1. The second kappa shape index (κ2) is 6.43. The van der Waals surface area contributed by atoms with Gasteiger partial charge in [-0.3, -0.25) is 4.79 Å². The van der Waals surface area contributed by atoms with Gasteiger partial charge in [0.25, 0.3) is 5.91 Å². The molecule has 0 atom stereocenters. The molecule has 1 heterocycles. The molecule has 106 valence electrons. The molecule has 0 spiro atoms. The molecular weight excluding hydrogens is 272 g/mol. The average molecular weight is 290 g/mol. The first kappa shape index (κ1) is 14.4. The van der Waals surface area contributed by atoms with Crippen LogP contribution in [0.3, 0.4) is 0 Å². The van der Waals surface area contributed by atoms with Gasteiger partial charge in [0.15, 0.2) is 0 Å². The van der Waals surface area contributed by atoms with Crippen molar-refractivity contribution in [2.75, 3.05) is 24.3 Å². The Morgan fingerprint density at radius 3 is 2.75 bits per heavy atom. The van der Waals surface area contributed by atoms with Crippen LogP contribution in [0.1, 0.15) is 23.0 Å². The Morgan fingerprint density at radius 2 is 2.15 bits per heavy atom. The minimum Gasteiger partial charge on any atom is -0.496 e. The summed E-state index contributed by atoms with van der Waals surface area (Å²) >= 11 is 1.38. The average Bonchev–Trinajstić information content (AvgIpc) is 2.94. The molecule has 5 heteroatoms. The van der Waals surface area contributed by atoms with Crippen LogP contribution in [0.2, 0.25) is 0 Å². The van der Waals surface area contributed by atoms with Crippen LogP contribution in [-0.4, -0.2) is 19.6 Å². The van der Waals surface area contributed by atoms with E-state index in [0.717, 1.165) is 12.1 Å². The van der Waals surface area contributed by atoms with E-state index in [9.17, 15) is 4.79 Å². The van der Waals surface area contributed by atoms with Crippen molar-refractivity contribution in [3.63, 3.8) is 0 Å². The maximum absolute atomic E-state index is 12.6. The van der Waals surface area contributed by atoms with Crippen molar-refractivity contribution in [2.24, 2.45) is 0 Å². The summed E-state index contributed by atoms with van der Waals surface area (Å²) in [6.45, 7) is 2.67. The number of nitrogen functional groups attached to an aromatic ring is 1. The number of hydrogen-bond donors (Lipinski definition) is 1. The van der Waals surface area contributed by atoms with Crippen molar-refractivity contribution in [3.8, 4) is 5.75 Å². The zero-order valence-corrected chi connectivity index (χ0v) is 12.4. The number of amides is 1. The lowest BCUT2D eigenvalue weighted by atomic mass is 10.2. The molecule has 0 fully saturated rings. The monoisotopic (exact) mass is 290 g/mol. The number of rotatable bonds is 5. The van der Waals surface area contributed by atoms with Gasteiger partial charge in [-0.1, -0.05) is 19.1 Å². The summed E-state index contributed by atoms with van der Waals surface area (Å²) in [7, 11) is 1.59. The van der Waals surface area contributed by atoms with E-state index in [1.807, 2.05) is 30.5 Å². The van der Waals surface area contributed by atoms with E-state index in [0.29, 0.717) is 22.9 Å². The van der Waals surface area contributed by atoms with E-state index in [1.54, 1.807) is 24.1 Å². The maximum Gasteiger partial charge on any atom is 0.268 e. The number of para-hydroxylation sites is 2. The number of ether oxygens (including phenoxy) is 1. The number of thiophene rings is 1. The molecule has 1 amide bonds. The van der Waals surface area contributed by atoms with Crippen LogP contribution >= 0.6 is 11.3 Å². The zero-order chi connectivity index (χ0) is 14.5. The van der Waals surface area contributed by atoms with Crippen LogP contribution in [-0.2, 0) is 0 Å². The van der Waals surface area contributed by atoms with Crippen LogP contribution in [0.15, 0.2) is 35.7 Å². The minimum absolute atomic E-state index is 0.0435. The van der Waals surface area contributed by atoms with Gasteiger partial charge in [-0.05, 0) is 18.6 Å². The molecule has 1 aromatic heterocycles. The Labute approximate surface area is 122 Å². The number of benzene rings is 1. The highest BCUT2D eigenvalue weighted by Gasteiger charge is 2.20. The Hall–Kier alpha value is -2.01. The molecule has 0 aliphatic carbocycles. The molecule has 2 N–H and O–H groups in total. The third-order valence-electron chi connectivity index (χ3n) is 2.94. The third kappa shape index (κ3) is 2.93. The number of methoxy groups -OCH3 is 1. The summed E-state index contributed by atoms with van der Waals surface area (Å²) in [6.07, 6.45) is 0.864. The molecule has 0 saturated carbocycles. The van der Waals surface area contributed by atoms with Crippen molar-refractivity contribution in [2.45, 2.75) is 13.3 Å². The van der Waals surface area contributed by atoms with Gasteiger partial charge in [0.05, 0.1) is 23.4 Å². The van der Waals surface area contributed by atoms with E-state index in [4.69, 9.17) is 10.5 Å². The molecule has 4 nitrogen and oxygen atoms in total. The van der Waals surface area contributed by atoms with Crippen LogP contribution in [0.4, 0.5) is 11.4 Å². The van der Waals surface area contributed by atoms with Gasteiger partial charge < -0.3 is 15.4 Å². The predicted octanol–water partition coefficient (Wildman–Crippen LogP) is 3.40. The smallest absolute Gasteiger partial charge is 0.268 e. The second-order valence-electron chi connectivity index (χ2n) is 4.37. The van der Waals surface area contributed by atoms with Crippen LogP contribution in [0.25, 0.3) is 0 Å². The molecular formula is C15H18N2O2S. The number of nitrogens with two attached hydrogens (primary N) is 1. The fourth-order valence-corrected chi connectivity index (χ4v) is 2.76. The molecule has 20 heavy (non-hydrogen) atoms. The van der Waals surface area contributed by atoms with Crippen molar-refractivity contribution in [1.82, 2.24) is 0 Å². The summed E-state index contributed by atoms with van der Waals surface area (Å²) in [6, 6.07) is 9.18. The molecule has 0 aliphatic heterocycles. The second-order valence-corrected chi connectivity index (χ2v) is 5.28. The topological polar surface area (TPSA) is 55.6 Å². The van der Waals surface area contributed by atoms with Gasteiger partial charge in [-0.2, -0.15) is 0 Å². The van der Waals surface area contributed by atoms with Gasteiger partial charge in [0.2, 0.25) is 0 Å². The van der Waals surface area contributed by atoms with Crippen LogP contribution in [0.5, 0.6) is 5.75 Å². The Morgan fingerprint density at radius 1 is 1.40 bits per heavy atom. The van der Waals surface area contributed by atoms with Crippen molar-refractivity contribution in [3.05, 3.63) is 40.6 Å². The van der Waals surface area contributed by atoms with Crippen molar-refractivity contribution in [1.29, 1.82) is 0 Å². The van der Waals surface area contributed by atoms with Gasteiger partial charge in [-0.15, -0.1) is 11.3 Å². The summed E-state index contributed by atoms with van der Waals surface area (Å²) in [5.41, 5.74) is 7.35. The highest BCUT2D eigenvalue weighted by molar-refractivity contribution is 7.12. The predicted molar refractivity (Wildman–Crippen MR) is 83.7 cm³/mol. The lowest BCUT2D eigenvalue weighted by molar-refractivity contribution is 0.0990. The SMILES string of the molecule is CCCN(C(=O)c1cc(OC)cs1)c1ccccc1N. The van der Waals surface area contributed by atoms with Crippen molar-refractivity contribution < 1.29 is 9.53 Å². The molecule has 2 rings (SSSR count). The lowest BCUT2D eigenvalue weighted by Crippen LogP contribution is -2.31.